The van der Waals surface area contributed by atoms with Crippen LogP contribution in [0.3, 0.4) is 0 Å². The number of halogens is 6. The molecule has 0 aliphatic carbocycles. The van der Waals surface area contributed by atoms with E-state index in [-0.39, 0.29) is 34.6 Å². The molecule has 0 saturated carbocycles. The maximum atomic E-state index is 13.7. The van der Waals surface area contributed by atoms with Gasteiger partial charge in [-0.2, -0.15) is 36.3 Å². The highest BCUT2D eigenvalue weighted by atomic mass is 19.4. The number of anilines is 3. The summed E-state index contributed by atoms with van der Waals surface area (Å²) in [7, 11) is 0. The molecule has 0 saturated heterocycles. The molecule has 4 rings (SSSR count). The van der Waals surface area contributed by atoms with E-state index in [0.29, 0.717) is 23.1 Å². The average molecular weight is 505 g/mol. The highest BCUT2D eigenvalue weighted by Crippen LogP contribution is 2.39. The van der Waals surface area contributed by atoms with Crippen molar-refractivity contribution in [3.63, 3.8) is 0 Å². The van der Waals surface area contributed by atoms with Gasteiger partial charge in [-0.3, -0.25) is 0 Å². The molecule has 2 heterocycles. The van der Waals surface area contributed by atoms with Gasteiger partial charge in [0, 0.05) is 11.3 Å². The van der Waals surface area contributed by atoms with Crippen LogP contribution in [0.4, 0.5) is 43.8 Å². The lowest BCUT2D eigenvalue weighted by Crippen LogP contribution is -2.09. The summed E-state index contributed by atoms with van der Waals surface area (Å²) in [6, 6.07) is 11.0. The van der Waals surface area contributed by atoms with Crippen LogP contribution in [-0.4, -0.2) is 15.0 Å². The number of hydrogen-bond acceptors (Lipinski definition) is 5. The molecule has 188 valence electrons. The molecule has 2 aromatic carbocycles. The summed E-state index contributed by atoms with van der Waals surface area (Å²) in [5, 5.41) is 3.38. The number of fused-ring (bicyclic) bond motifs is 1. The molecule has 0 unspecified atom stereocenters. The number of pyridine rings is 1. The summed E-state index contributed by atoms with van der Waals surface area (Å²) in [5.74, 6) is 0.106. The SMILES string of the molecule is CC(C)Cc1cc(-c2ccccc2C(F)(F)F)nc2nc(N)nc(Nc3ccc(C(F)(F)F)cc3)c12. The van der Waals surface area contributed by atoms with Crippen molar-refractivity contribution >= 4 is 28.5 Å². The van der Waals surface area contributed by atoms with Gasteiger partial charge in [0.05, 0.1) is 22.2 Å². The number of rotatable bonds is 5. The maximum absolute atomic E-state index is 13.7. The number of nitrogens with zero attached hydrogens (tertiary/aromatic N) is 3. The molecular weight excluding hydrogens is 484 g/mol. The Bertz CT molecular complexity index is 1400. The molecule has 0 amide bonds. The van der Waals surface area contributed by atoms with Crippen LogP contribution in [0.1, 0.15) is 30.5 Å². The molecule has 5 nitrogen and oxygen atoms in total. The summed E-state index contributed by atoms with van der Waals surface area (Å²) < 4.78 is 79.8. The van der Waals surface area contributed by atoms with Crippen molar-refractivity contribution in [3.05, 3.63) is 71.3 Å². The predicted molar refractivity (Wildman–Crippen MR) is 125 cm³/mol. The van der Waals surface area contributed by atoms with E-state index in [1.807, 2.05) is 13.8 Å². The first-order chi connectivity index (χ1) is 16.8. The van der Waals surface area contributed by atoms with Gasteiger partial charge in [-0.25, -0.2) is 4.98 Å². The first-order valence-electron chi connectivity index (χ1n) is 10.9. The summed E-state index contributed by atoms with van der Waals surface area (Å²) in [5.41, 5.74) is 5.19. The van der Waals surface area contributed by atoms with Crippen LogP contribution >= 0.6 is 0 Å². The minimum atomic E-state index is -4.59. The van der Waals surface area contributed by atoms with Gasteiger partial charge in [0.1, 0.15) is 5.82 Å². The first kappa shape index (κ1) is 25.2. The summed E-state index contributed by atoms with van der Waals surface area (Å²) >= 11 is 0. The molecule has 3 N–H and O–H groups in total. The van der Waals surface area contributed by atoms with Gasteiger partial charge < -0.3 is 11.1 Å². The minimum Gasteiger partial charge on any atom is -0.368 e. The molecule has 0 bridgehead atoms. The van der Waals surface area contributed by atoms with E-state index in [4.69, 9.17) is 5.73 Å². The minimum absolute atomic E-state index is 0.0713. The Labute approximate surface area is 202 Å². The molecule has 0 fully saturated rings. The number of nitrogens with one attached hydrogen (secondary N) is 1. The highest BCUT2D eigenvalue weighted by molar-refractivity contribution is 5.94. The Kier molecular flexibility index (Phi) is 6.50. The number of alkyl halides is 6. The molecule has 4 aromatic rings. The maximum Gasteiger partial charge on any atom is 0.417 e. The molecule has 11 heteroatoms. The van der Waals surface area contributed by atoms with Gasteiger partial charge in [-0.1, -0.05) is 32.0 Å². The Morgan fingerprint density at radius 3 is 2.14 bits per heavy atom. The Hall–Kier alpha value is -3.89. The number of benzene rings is 2. The lowest BCUT2D eigenvalue weighted by molar-refractivity contribution is -0.138. The van der Waals surface area contributed by atoms with Gasteiger partial charge >= 0.3 is 12.4 Å². The zero-order valence-electron chi connectivity index (χ0n) is 19.2. The van der Waals surface area contributed by atoms with E-state index in [9.17, 15) is 26.3 Å². The molecular formula is C25H21F6N5. The van der Waals surface area contributed by atoms with Crippen LogP contribution < -0.4 is 11.1 Å². The lowest BCUT2D eigenvalue weighted by atomic mass is 9.96. The quantitative estimate of drug-likeness (QED) is 0.279. The molecule has 0 aliphatic rings. The number of nitrogen functional groups attached to an aromatic ring is 1. The normalized spacial score (nSPS) is 12.4. The van der Waals surface area contributed by atoms with Crippen LogP contribution in [0.5, 0.6) is 0 Å². The molecule has 36 heavy (non-hydrogen) atoms. The second-order valence-electron chi connectivity index (χ2n) is 8.64. The first-order valence-corrected chi connectivity index (χ1v) is 10.9. The zero-order chi connectivity index (χ0) is 26.3. The molecule has 0 radical (unpaired) electrons. The van der Waals surface area contributed by atoms with Gasteiger partial charge in [0.2, 0.25) is 5.95 Å². The van der Waals surface area contributed by atoms with E-state index in [1.54, 1.807) is 6.07 Å². The van der Waals surface area contributed by atoms with E-state index >= 15 is 0 Å². The largest absolute Gasteiger partial charge is 0.417 e. The summed E-state index contributed by atoms with van der Waals surface area (Å²) in [6.45, 7) is 3.88. The monoisotopic (exact) mass is 505 g/mol. The molecule has 0 atom stereocenters. The van der Waals surface area contributed by atoms with E-state index in [0.717, 1.165) is 18.2 Å². The standard InChI is InChI=1S/C25H21F6N5/c1-13(2)11-14-12-19(17-5-3-4-6-18(17)25(29,30)31)34-22-20(14)21(35-23(32)36-22)33-16-9-7-15(8-10-16)24(26,27)28/h3-10,12-13H,11H2,1-2H3,(H3,32,33,34,35,36). The van der Waals surface area contributed by atoms with Gasteiger partial charge in [0.25, 0.3) is 0 Å². The van der Waals surface area contributed by atoms with Crippen LogP contribution in [0.25, 0.3) is 22.3 Å². The fraction of sp³-hybridized carbons (Fsp3) is 0.240. The third kappa shape index (κ3) is 5.34. The van der Waals surface area contributed by atoms with Crippen molar-refractivity contribution in [3.8, 4) is 11.3 Å². The predicted octanol–water partition coefficient (Wildman–Crippen LogP) is 7.25. The summed E-state index contributed by atoms with van der Waals surface area (Å²) in [6.07, 6.45) is -8.62. The van der Waals surface area contributed by atoms with E-state index in [1.165, 1.54) is 30.3 Å². The molecule has 2 aromatic heterocycles. The lowest BCUT2D eigenvalue weighted by Gasteiger charge is -2.17. The Morgan fingerprint density at radius 2 is 1.53 bits per heavy atom. The highest BCUT2D eigenvalue weighted by Gasteiger charge is 2.34. The van der Waals surface area contributed by atoms with Crippen LogP contribution in [0.2, 0.25) is 0 Å². The molecule has 0 spiro atoms. The topological polar surface area (TPSA) is 76.7 Å². The summed E-state index contributed by atoms with van der Waals surface area (Å²) in [4.78, 5) is 12.7. The average Bonchev–Trinajstić information content (AvgIpc) is 2.77. The zero-order valence-corrected chi connectivity index (χ0v) is 19.2. The molecule has 0 aliphatic heterocycles. The van der Waals surface area contributed by atoms with E-state index < -0.39 is 23.5 Å². The van der Waals surface area contributed by atoms with Gasteiger partial charge in [-0.15, -0.1) is 0 Å². The van der Waals surface area contributed by atoms with Crippen molar-refractivity contribution < 1.29 is 26.3 Å². The third-order valence-corrected chi connectivity index (χ3v) is 5.38. The van der Waals surface area contributed by atoms with Crippen LogP contribution in [0, 0.1) is 5.92 Å². The van der Waals surface area contributed by atoms with Crippen LogP contribution in [-0.2, 0) is 18.8 Å². The third-order valence-electron chi connectivity index (χ3n) is 5.38. The van der Waals surface area contributed by atoms with Crippen LogP contribution in [0.15, 0.2) is 54.6 Å². The number of aromatic nitrogens is 3. The Morgan fingerprint density at radius 1 is 0.861 bits per heavy atom. The van der Waals surface area contributed by atoms with Crippen molar-refractivity contribution in [2.75, 3.05) is 11.1 Å². The van der Waals surface area contributed by atoms with E-state index in [2.05, 4.69) is 20.3 Å². The number of nitrogens with two attached hydrogens (primary N) is 1. The van der Waals surface area contributed by atoms with Crippen molar-refractivity contribution in [2.45, 2.75) is 32.6 Å². The Balaban J connectivity index is 1.89. The number of hydrogen-bond donors (Lipinski definition) is 2. The van der Waals surface area contributed by atoms with Gasteiger partial charge in [-0.05, 0) is 54.3 Å². The van der Waals surface area contributed by atoms with Gasteiger partial charge in [0.15, 0.2) is 5.65 Å². The van der Waals surface area contributed by atoms with Crippen molar-refractivity contribution in [2.24, 2.45) is 5.92 Å². The fourth-order valence-corrected chi connectivity index (χ4v) is 3.89. The van der Waals surface area contributed by atoms with Crippen molar-refractivity contribution in [1.82, 2.24) is 15.0 Å². The fourth-order valence-electron chi connectivity index (χ4n) is 3.89. The second-order valence-corrected chi connectivity index (χ2v) is 8.64. The second kappa shape index (κ2) is 9.29. The van der Waals surface area contributed by atoms with Crippen molar-refractivity contribution in [1.29, 1.82) is 0 Å². The smallest absolute Gasteiger partial charge is 0.368 e.